The highest BCUT2D eigenvalue weighted by atomic mass is 19.4. The Morgan fingerprint density at radius 3 is 2.25 bits per heavy atom. The number of anilines is 1. The fraction of sp³-hybridized carbons (Fsp3) is 0.304. The van der Waals surface area contributed by atoms with Crippen molar-refractivity contribution in [2.24, 2.45) is 10.7 Å². The molecular formula is C23H22F7N3O3. The Bertz CT molecular complexity index is 1110. The number of alkyl halides is 6. The molecule has 0 unspecified atom stereocenters. The van der Waals surface area contributed by atoms with E-state index >= 15 is 0 Å². The third-order valence-corrected chi connectivity index (χ3v) is 4.69. The van der Waals surface area contributed by atoms with E-state index < -0.39 is 46.7 Å². The van der Waals surface area contributed by atoms with Crippen LogP contribution in [0.4, 0.5) is 41.2 Å². The van der Waals surface area contributed by atoms with E-state index in [0.717, 1.165) is 48.6 Å². The number of carbonyl (C=O) groups excluding carboxylic acids is 1. The molecule has 0 heterocycles. The lowest BCUT2D eigenvalue weighted by Crippen LogP contribution is -2.30. The van der Waals surface area contributed by atoms with Crippen LogP contribution < -0.4 is 15.4 Å². The first-order valence-electron chi connectivity index (χ1n) is 10.3. The van der Waals surface area contributed by atoms with Gasteiger partial charge in [-0.2, -0.15) is 26.3 Å². The molecule has 36 heavy (non-hydrogen) atoms. The highest BCUT2D eigenvalue weighted by molar-refractivity contribution is 6.11. The standard InChI is InChI=1S/C23H22F7N3O3/c1-3-35-9-8-32-13-14(12-31)18-10-15(22(25,26)27)11-19(23(28,29)30)20(18)36-21(34)33(2)17-6-4-16(24)5-7-17/h4-7,10-13H,3,8-9,31H2,1-2H3. The van der Waals surface area contributed by atoms with Gasteiger partial charge in [-0.05, 0) is 43.3 Å². The summed E-state index contributed by atoms with van der Waals surface area (Å²) in [7, 11) is 1.13. The second-order valence-corrected chi connectivity index (χ2v) is 7.15. The highest BCUT2D eigenvalue weighted by Crippen LogP contribution is 2.44. The first kappa shape index (κ1) is 28.6. The van der Waals surface area contributed by atoms with Gasteiger partial charge >= 0.3 is 18.4 Å². The summed E-state index contributed by atoms with van der Waals surface area (Å²) >= 11 is 0. The summed E-state index contributed by atoms with van der Waals surface area (Å²) in [5.41, 5.74) is 0.926. The summed E-state index contributed by atoms with van der Waals surface area (Å²) < 4.78 is 105. The van der Waals surface area contributed by atoms with Gasteiger partial charge in [0.2, 0.25) is 0 Å². The van der Waals surface area contributed by atoms with Crippen molar-refractivity contribution in [3.05, 3.63) is 65.1 Å². The zero-order valence-electron chi connectivity index (χ0n) is 19.1. The van der Waals surface area contributed by atoms with Crippen LogP contribution in [-0.4, -0.2) is 39.1 Å². The van der Waals surface area contributed by atoms with Crippen molar-refractivity contribution in [3.63, 3.8) is 0 Å². The van der Waals surface area contributed by atoms with Gasteiger partial charge in [0.1, 0.15) is 5.82 Å². The van der Waals surface area contributed by atoms with Crippen LogP contribution in [0.15, 0.2) is 47.6 Å². The van der Waals surface area contributed by atoms with Crippen LogP contribution in [-0.2, 0) is 17.1 Å². The minimum absolute atomic E-state index is 0.0404. The van der Waals surface area contributed by atoms with E-state index in [-0.39, 0.29) is 30.5 Å². The monoisotopic (exact) mass is 521 g/mol. The van der Waals surface area contributed by atoms with E-state index in [1.54, 1.807) is 6.92 Å². The molecule has 196 valence electrons. The maximum Gasteiger partial charge on any atom is 0.420 e. The quantitative estimate of drug-likeness (QED) is 0.266. The van der Waals surface area contributed by atoms with Gasteiger partial charge in [0.15, 0.2) is 5.75 Å². The molecular weight excluding hydrogens is 499 g/mol. The lowest BCUT2D eigenvalue weighted by atomic mass is 9.98. The average Bonchev–Trinajstić information content (AvgIpc) is 2.80. The number of benzene rings is 2. The van der Waals surface area contributed by atoms with Gasteiger partial charge in [-0.3, -0.25) is 9.89 Å². The minimum atomic E-state index is -5.34. The molecule has 0 aromatic heterocycles. The molecule has 2 rings (SSSR count). The molecule has 0 aliphatic rings. The third kappa shape index (κ3) is 7.44. The summed E-state index contributed by atoms with van der Waals surface area (Å²) in [6.45, 7) is 2.28. The van der Waals surface area contributed by atoms with Crippen LogP contribution >= 0.6 is 0 Å². The number of carbonyl (C=O) groups is 1. The first-order valence-corrected chi connectivity index (χ1v) is 10.3. The van der Waals surface area contributed by atoms with Gasteiger partial charge < -0.3 is 15.2 Å². The van der Waals surface area contributed by atoms with Crippen LogP contribution in [0.1, 0.15) is 23.6 Å². The average molecular weight is 521 g/mol. The highest BCUT2D eigenvalue weighted by Gasteiger charge is 2.41. The molecule has 0 bridgehead atoms. The van der Waals surface area contributed by atoms with Crippen molar-refractivity contribution in [2.45, 2.75) is 19.3 Å². The number of halogens is 7. The van der Waals surface area contributed by atoms with Gasteiger partial charge in [0.25, 0.3) is 0 Å². The second-order valence-electron chi connectivity index (χ2n) is 7.15. The fourth-order valence-electron chi connectivity index (χ4n) is 2.88. The molecule has 0 aliphatic carbocycles. The van der Waals surface area contributed by atoms with Gasteiger partial charge in [-0.1, -0.05) is 0 Å². The number of ether oxygens (including phenoxy) is 2. The molecule has 1 amide bonds. The summed E-state index contributed by atoms with van der Waals surface area (Å²) in [6.07, 6.45) is -10.2. The molecule has 2 N–H and O–H groups in total. The van der Waals surface area contributed by atoms with Crippen molar-refractivity contribution >= 4 is 23.6 Å². The van der Waals surface area contributed by atoms with Crippen LogP contribution in [0.5, 0.6) is 5.75 Å². The summed E-state index contributed by atoms with van der Waals surface area (Å²) in [4.78, 5) is 17.3. The van der Waals surface area contributed by atoms with Gasteiger partial charge in [0.05, 0.1) is 24.3 Å². The molecule has 13 heteroatoms. The predicted octanol–water partition coefficient (Wildman–Crippen LogP) is 5.91. The molecule has 0 saturated carbocycles. The molecule has 0 aliphatic heterocycles. The van der Waals surface area contributed by atoms with E-state index in [9.17, 15) is 35.5 Å². The first-order chi connectivity index (χ1) is 16.8. The maximum absolute atomic E-state index is 13.9. The largest absolute Gasteiger partial charge is 0.420 e. The Labute approximate surface area is 201 Å². The topological polar surface area (TPSA) is 77.1 Å². The van der Waals surface area contributed by atoms with Gasteiger partial charge in [-0.25, -0.2) is 9.18 Å². The third-order valence-electron chi connectivity index (χ3n) is 4.69. The van der Waals surface area contributed by atoms with Crippen LogP contribution in [0.3, 0.4) is 0 Å². The molecule has 0 fully saturated rings. The second kappa shape index (κ2) is 11.9. The summed E-state index contributed by atoms with van der Waals surface area (Å²) in [5.74, 6) is -1.84. The van der Waals surface area contributed by atoms with Crippen molar-refractivity contribution in [3.8, 4) is 5.75 Å². The van der Waals surface area contributed by atoms with Gasteiger partial charge in [-0.15, -0.1) is 0 Å². The smallest absolute Gasteiger partial charge is 0.409 e. The Morgan fingerprint density at radius 2 is 1.72 bits per heavy atom. The number of amides is 1. The number of hydrogen-bond acceptors (Lipinski definition) is 5. The molecule has 0 radical (unpaired) electrons. The summed E-state index contributed by atoms with van der Waals surface area (Å²) in [5, 5.41) is 0. The number of rotatable bonds is 8. The Hall–Kier alpha value is -3.61. The normalized spacial score (nSPS) is 12.8. The van der Waals surface area contributed by atoms with Crippen LogP contribution in [0.25, 0.3) is 5.57 Å². The van der Waals surface area contributed by atoms with E-state index in [1.165, 1.54) is 0 Å². The van der Waals surface area contributed by atoms with Crippen molar-refractivity contribution < 1.29 is 45.0 Å². The Kier molecular flexibility index (Phi) is 9.45. The van der Waals surface area contributed by atoms with Crippen molar-refractivity contribution in [2.75, 3.05) is 31.7 Å². The van der Waals surface area contributed by atoms with Gasteiger partial charge in [0, 0.05) is 42.9 Å². The van der Waals surface area contributed by atoms with E-state index in [2.05, 4.69) is 4.99 Å². The minimum Gasteiger partial charge on any atom is -0.409 e. The lowest BCUT2D eigenvalue weighted by Gasteiger charge is -2.22. The van der Waals surface area contributed by atoms with E-state index in [4.69, 9.17) is 15.2 Å². The Morgan fingerprint density at radius 1 is 1.08 bits per heavy atom. The maximum atomic E-state index is 13.9. The fourth-order valence-corrected chi connectivity index (χ4v) is 2.88. The van der Waals surface area contributed by atoms with E-state index in [0.29, 0.717) is 12.7 Å². The zero-order valence-corrected chi connectivity index (χ0v) is 19.1. The number of hydrogen-bond donors (Lipinski definition) is 1. The summed E-state index contributed by atoms with van der Waals surface area (Å²) in [6, 6.07) is 4.53. The molecule has 2 aromatic rings. The number of nitrogens with two attached hydrogens (primary N) is 1. The molecule has 2 aromatic carbocycles. The molecule has 6 nitrogen and oxygen atoms in total. The predicted molar refractivity (Wildman–Crippen MR) is 119 cm³/mol. The molecule has 0 atom stereocenters. The van der Waals surface area contributed by atoms with E-state index in [1.807, 2.05) is 0 Å². The number of nitrogens with zero attached hydrogens (tertiary/aromatic N) is 2. The SMILES string of the molecule is CCOCCN=CC(=CN)c1cc(C(F)(F)F)cc(C(F)(F)F)c1OC(=O)N(C)c1ccc(F)cc1. The number of aliphatic imine (C=N–C) groups is 1. The molecule has 0 spiro atoms. The van der Waals surface area contributed by atoms with Crippen LogP contribution in [0, 0.1) is 5.82 Å². The Balaban J connectivity index is 2.63. The number of allylic oxidation sites excluding steroid dienone is 1. The zero-order chi connectivity index (χ0) is 27.1. The van der Waals surface area contributed by atoms with Crippen molar-refractivity contribution in [1.82, 2.24) is 0 Å². The van der Waals surface area contributed by atoms with Crippen molar-refractivity contribution in [1.29, 1.82) is 0 Å². The molecule has 0 saturated heterocycles. The van der Waals surface area contributed by atoms with Crippen LogP contribution in [0.2, 0.25) is 0 Å². The lowest BCUT2D eigenvalue weighted by molar-refractivity contribution is -0.143.